The second kappa shape index (κ2) is 9.03. The average Bonchev–Trinajstić information content (AvgIpc) is 2.98. The van der Waals surface area contributed by atoms with E-state index in [1.54, 1.807) is 54.7 Å². The van der Waals surface area contributed by atoms with Crippen molar-refractivity contribution in [2.24, 2.45) is 10.2 Å². The van der Waals surface area contributed by atoms with Crippen LogP contribution in [0.3, 0.4) is 0 Å². The van der Waals surface area contributed by atoms with E-state index in [0.29, 0.717) is 20.9 Å². The number of hydrogen-bond acceptors (Lipinski definition) is 5. The maximum Gasteiger partial charge on any atom is 0.240 e. The third kappa shape index (κ3) is 5.56. The number of halogens is 2. The zero-order valence-electron chi connectivity index (χ0n) is 13.9. The fraction of sp³-hybridized carbons (Fsp3) is 0.111. The van der Waals surface area contributed by atoms with Crippen molar-refractivity contribution in [3.05, 3.63) is 64.1 Å². The summed E-state index contributed by atoms with van der Waals surface area (Å²) in [6, 6.07) is 14.0. The van der Waals surface area contributed by atoms with Crippen molar-refractivity contribution < 1.29 is 9.59 Å². The number of nitrogens with zero attached hydrogens (tertiary/aromatic N) is 2. The second-order valence-electron chi connectivity index (χ2n) is 5.53. The van der Waals surface area contributed by atoms with Crippen molar-refractivity contribution in [1.29, 1.82) is 0 Å². The zero-order valence-corrected chi connectivity index (χ0v) is 16.2. The highest BCUT2D eigenvalue weighted by molar-refractivity contribution is 8.15. The molecule has 1 saturated heterocycles. The maximum absolute atomic E-state index is 12.2. The first-order chi connectivity index (χ1) is 13.0. The predicted octanol–water partition coefficient (Wildman–Crippen LogP) is 3.94. The van der Waals surface area contributed by atoms with Gasteiger partial charge in [0, 0.05) is 11.4 Å². The lowest BCUT2D eigenvalue weighted by Gasteiger charge is -2.08. The van der Waals surface area contributed by atoms with E-state index in [4.69, 9.17) is 23.2 Å². The number of para-hydroxylation sites is 1. The molecule has 2 aromatic rings. The molecule has 0 aromatic heterocycles. The molecule has 1 unspecified atom stereocenters. The Labute approximate surface area is 170 Å². The Morgan fingerprint density at radius 1 is 1.19 bits per heavy atom. The fourth-order valence-electron chi connectivity index (χ4n) is 2.22. The summed E-state index contributed by atoms with van der Waals surface area (Å²) in [7, 11) is 0. The smallest absolute Gasteiger partial charge is 0.240 e. The molecule has 27 heavy (non-hydrogen) atoms. The Kier molecular flexibility index (Phi) is 6.49. The number of rotatable bonds is 5. The van der Waals surface area contributed by atoms with Gasteiger partial charge in [0.25, 0.3) is 0 Å². The Hall–Kier alpha value is -2.35. The number of amides is 2. The van der Waals surface area contributed by atoms with Gasteiger partial charge in [-0.3, -0.25) is 9.59 Å². The van der Waals surface area contributed by atoms with Crippen LogP contribution in [0.4, 0.5) is 5.69 Å². The molecule has 1 fully saturated rings. The summed E-state index contributed by atoms with van der Waals surface area (Å²) in [4.78, 5) is 24.2. The van der Waals surface area contributed by atoms with Crippen LogP contribution in [0.25, 0.3) is 0 Å². The van der Waals surface area contributed by atoms with Crippen LogP contribution in [0.15, 0.2) is 58.7 Å². The first-order valence-electron chi connectivity index (χ1n) is 7.90. The third-order valence-electron chi connectivity index (χ3n) is 3.52. The van der Waals surface area contributed by atoms with E-state index in [1.165, 1.54) is 0 Å². The quantitative estimate of drug-likeness (QED) is 0.567. The van der Waals surface area contributed by atoms with E-state index in [0.717, 1.165) is 17.3 Å². The normalized spacial score (nSPS) is 18.1. The molecule has 3 rings (SSSR count). The average molecular weight is 421 g/mol. The van der Waals surface area contributed by atoms with Gasteiger partial charge >= 0.3 is 0 Å². The van der Waals surface area contributed by atoms with Gasteiger partial charge in [0.05, 0.1) is 16.9 Å². The molecule has 2 N–H and O–H groups in total. The van der Waals surface area contributed by atoms with Gasteiger partial charge in [-0.2, -0.15) is 5.10 Å². The van der Waals surface area contributed by atoms with Gasteiger partial charge in [-0.25, -0.2) is 0 Å². The third-order valence-corrected chi connectivity index (χ3v) is 5.17. The molecule has 0 saturated carbocycles. The number of carbonyl (C=O) groups is 2. The molecule has 0 aliphatic carbocycles. The lowest BCUT2D eigenvalue weighted by molar-refractivity contribution is -0.122. The van der Waals surface area contributed by atoms with E-state index in [-0.39, 0.29) is 18.2 Å². The van der Waals surface area contributed by atoms with Crippen molar-refractivity contribution >= 4 is 63.8 Å². The zero-order chi connectivity index (χ0) is 19.2. The number of anilines is 1. The van der Waals surface area contributed by atoms with Gasteiger partial charge in [0.15, 0.2) is 5.17 Å². The molecule has 0 spiro atoms. The number of hydrogen-bond donors (Lipinski definition) is 2. The van der Waals surface area contributed by atoms with Crippen molar-refractivity contribution in [3.63, 3.8) is 0 Å². The highest BCUT2D eigenvalue weighted by Gasteiger charge is 2.32. The van der Waals surface area contributed by atoms with Crippen LogP contribution < -0.4 is 10.6 Å². The van der Waals surface area contributed by atoms with Gasteiger partial charge in [-0.15, -0.1) is 5.10 Å². The Bertz CT molecular complexity index is 916. The van der Waals surface area contributed by atoms with Crippen LogP contribution in [-0.4, -0.2) is 28.4 Å². The van der Waals surface area contributed by atoms with Gasteiger partial charge in [0.2, 0.25) is 11.8 Å². The van der Waals surface area contributed by atoms with E-state index < -0.39 is 5.25 Å². The van der Waals surface area contributed by atoms with Crippen LogP contribution in [0.1, 0.15) is 12.0 Å². The summed E-state index contributed by atoms with van der Waals surface area (Å²) in [6.45, 7) is 0. The summed E-state index contributed by atoms with van der Waals surface area (Å²) >= 11 is 13.0. The largest absolute Gasteiger partial charge is 0.325 e. The van der Waals surface area contributed by atoms with E-state index in [2.05, 4.69) is 20.8 Å². The van der Waals surface area contributed by atoms with Crippen LogP contribution in [0.2, 0.25) is 10.0 Å². The van der Waals surface area contributed by atoms with Crippen molar-refractivity contribution in [3.8, 4) is 0 Å². The monoisotopic (exact) mass is 420 g/mol. The molecular formula is C18H14Cl2N4O2S. The number of nitrogens with one attached hydrogen (secondary N) is 2. The molecule has 1 aliphatic heterocycles. The molecule has 0 radical (unpaired) electrons. The minimum Gasteiger partial charge on any atom is -0.325 e. The van der Waals surface area contributed by atoms with E-state index in [1.807, 2.05) is 0 Å². The van der Waals surface area contributed by atoms with Gasteiger partial charge in [0.1, 0.15) is 5.25 Å². The molecule has 1 heterocycles. The van der Waals surface area contributed by atoms with Gasteiger partial charge in [-0.1, -0.05) is 59.2 Å². The number of carbonyl (C=O) groups excluding carboxylic acids is 2. The minimum atomic E-state index is -0.572. The summed E-state index contributed by atoms with van der Waals surface area (Å²) in [5.41, 5.74) is 1.34. The van der Waals surface area contributed by atoms with Crippen LogP contribution in [0, 0.1) is 0 Å². The topological polar surface area (TPSA) is 82.9 Å². The molecular weight excluding hydrogens is 407 g/mol. The first kappa shape index (κ1) is 19.4. The molecule has 2 aromatic carbocycles. The summed E-state index contributed by atoms with van der Waals surface area (Å²) in [6.07, 6.45) is 1.55. The molecule has 1 aliphatic rings. The minimum absolute atomic E-state index is 0.00163. The molecule has 6 nitrogen and oxygen atoms in total. The van der Waals surface area contributed by atoms with Gasteiger partial charge in [-0.05, 0) is 29.8 Å². The summed E-state index contributed by atoms with van der Waals surface area (Å²) in [5, 5.41) is 14.1. The maximum atomic E-state index is 12.2. The summed E-state index contributed by atoms with van der Waals surface area (Å²) < 4.78 is 0. The Morgan fingerprint density at radius 2 is 1.93 bits per heavy atom. The molecule has 9 heteroatoms. The molecule has 2 amide bonds. The predicted molar refractivity (Wildman–Crippen MR) is 111 cm³/mol. The fourth-order valence-corrected chi connectivity index (χ4v) is 3.45. The standard InChI is InChI=1S/C18H14Cl2N4O2S/c19-12-7-5-11(6-8-12)10-21-24-18-23-17(26)15(27-18)9-16(25)22-14-4-2-1-3-13(14)20/h1-8,10,15H,9H2,(H,22,25)(H,23,24,26). The van der Waals surface area contributed by atoms with Crippen molar-refractivity contribution in [2.45, 2.75) is 11.7 Å². The van der Waals surface area contributed by atoms with E-state index in [9.17, 15) is 9.59 Å². The first-order valence-corrected chi connectivity index (χ1v) is 9.53. The molecule has 0 bridgehead atoms. The second-order valence-corrected chi connectivity index (χ2v) is 7.56. The number of thioether (sulfide) groups is 1. The van der Waals surface area contributed by atoms with Crippen LogP contribution in [-0.2, 0) is 9.59 Å². The lowest BCUT2D eigenvalue weighted by Crippen LogP contribution is -2.28. The van der Waals surface area contributed by atoms with Crippen LogP contribution >= 0.6 is 35.0 Å². The SMILES string of the molecule is O=C(CC1S/C(=N/N=Cc2ccc(Cl)cc2)NC1=O)Nc1ccccc1Cl. The highest BCUT2D eigenvalue weighted by Crippen LogP contribution is 2.25. The van der Waals surface area contributed by atoms with Crippen LogP contribution in [0.5, 0.6) is 0 Å². The summed E-state index contributed by atoms with van der Waals surface area (Å²) in [5.74, 6) is -0.587. The van der Waals surface area contributed by atoms with Crippen molar-refractivity contribution in [2.75, 3.05) is 5.32 Å². The number of benzene rings is 2. The van der Waals surface area contributed by atoms with Crippen molar-refractivity contribution in [1.82, 2.24) is 5.32 Å². The van der Waals surface area contributed by atoms with Gasteiger partial charge < -0.3 is 10.6 Å². The molecule has 138 valence electrons. The Balaban J connectivity index is 1.56. The highest BCUT2D eigenvalue weighted by atomic mass is 35.5. The van der Waals surface area contributed by atoms with E-state index >= 15 is 0 Å². The Morgan fingerprint density at radius 3 is 2.67 bits per heavy atom. The lowest BCUT2D eigenvalue weighted by atomic mass is 10.2. The number of amidine groups is 1. The molecule has 1 atom stereocenters.